The molecule has 1 heterocycles. The molecule has 1 N–H and O–H groups in total. The average Bonchev–Trinajstić information content (AvgIpc) is 3.29. The standard InChI is InChI=1S/C30H44FNO6S/c1-4-30(5-2,6-3)29(36)38-19-18-37-28(35)8-7-20-39-21-17-32-25(14-16-27(32)34)13-15-26(33)22-23-9-11-24(31)12-10-23/h9-13,15,25-26,33H,4-8,14,16-22H2,1-3H3/b15-13+/t25-,26+/m0/s1. The quantitative estimate of drug-likeness (QED) is 0.151. The lowest BCUT2D eigenvalue weighted by Gasteiger charge is -2.27. The lowest BCUT2D eigenvalue weighted by molar-refractivity contribution is -0.161. The fourth-order valence-electron chi connectivity index (χ4n) is 4.71. The van der Waals surface area contributed by atoms with E-state index >= 15 is 0 Å². The highest BCUT2D eigenvalue weighted by Crippen LogP contribution is 2.31. The predicted molar refractivity (Wildman–Crippen MR) is 152 cm³/mol. The number of benzene rings is 1. The van der Waals surface area contributed by atoms with Crippen LogP contribution in [0.5, 0.6) is 0 Å². The molecule has 1 saturated heterocycles. The van der Waals surface area contributed by atoms with E-state index in [9.17, 15) is 23.9 Å². The first-order valence-corrected chi connectivity index (χ1v) is 15.2. The summed E-state index contributed by atoms with van der Waals surface area (Å²) in [7, 11) is 0. The fourth-order valence-corrected chi connectivity index (χ4v) is 5.59. The third-order valence-electron chi connectivity index (χ3n) is 7.48. The van der Waals surface area contributed by atoms with E-state index in [1.165, 1.54) is 12.1 Å². The molecule has 1 amide bonds. The van der Waals surface area contributed by atoms with Crippen LogP contribution in [0.2, 0.25) is 0 Å². The Balaban J connectivity index is 1.59. The molecular formula is C30H44FNO6S. The minimum absolute atomic E-state index is 0.0396. The van der Waals surface area contributed by atoms with Gasteiger partial charge in [-0.05, 0) is 55.6 Å². The van der Waals surface area contributed by atoms with Gasteiger partial charge >= 0.3 is 11.9 Å². The normalized spacial score (nSPS) is 16.6. The maximum Gasteiger partial charge on any atom is 0.312 e. The first-order valence-electron chi connectivity index (χ1n) is 14.1. The maximum atomic E-state index is 13.1. The molecule has 0 saturated carbocycles. The number of carbonyl (C=O) groups excluding carboxylic acids is 3. The van der Waals surface area contributed by atoms with Gasteiger partial charge in [0, 0.05) is 31.6 Å². The lowest BCUT2D eigenvalue weighted by Crippen LogP contribution is -2.34. The number of halogens is 1. The number of esters is 2. The third-order valence-corrected chi connectivity index (χ3v) is 8.53. The Labute approximate surface area is 236 Å². The number of thioether (sulfide) groups is 1. The first kappa shape index (κ1) is 32.8. The van der Waals surface area contributed by atoms with Crippen molar-refractivity contribution in [1.29, 1.82) is 0 Å². The first-order chi connectivity index (χ1) is 18.7. The van der Waals surface area contributed by atoms with Crippen LogP contribution in [-0.2, 0) is 30.3 Å². The van der Waals surface area contributed by atoms with Crippen molar-refractivity contribution in [1.82, 2.24) is 4.90 Å². The number of hydrogen-bond acceptors (Lipinski definition) is 7. The summed E-state index contributed by atoms with van der Waals surface area (Å²) in [6.07, 6.45) is 7.64. The van der Waals surface area contributed by atoms with Gasteiger partial charge in [-0.3, -0.25) is 14.4 Å². The van der Waals surface area contributed by atoms with Gasteiger partial charge in [-0.2, -0.15) is 11.8 Å². The number of amides is 1. The Bertz CT molecular complexity index is 926. The van der Waals surface area contributed by atoms with Gasteiger partial charge in [0.2, 0.25) is 5.91 Å². The predicted octanol–water partition coefficient (Wildman–Crippen LogP) is 5.09. The summed E-state index contributed by atoms with van der Waals surface area (Å²) in [4.78, 5) is 38.5. The molecule has 0 spiro atoms. The van der Waals surface area contributed by atoms with Gasteiger partial charge in [0.15, 0.2) is 0 Å². The van der Waals surface area contributed by atoms with Crippen molar-refractivity contribution in [3.8, 4) is 0 Å². The van der Waals surface area contributed by atoms with E-state index in [0.717, 1.165) is 42.8 Å². The van der Waals surface area contributed by atoms with Crippen LogP contribution < -0.4 is 0 Å². The highest BCUT2D eigenvalue weighted by molar-refractivity contribution is 7.99. The number of aliphatic hydroxyl groups is 1. The number of nitrogens with zero attached hydrogens (tertiary/aromatic N) is 1. The number of hydrogen-bond donors (Lipinski definition) is 1. The number of aliphatic hydroxyl groups excluding tert-OH is 1. The van der Waals surface area contributed by atoms with Crippen molar-refractivity contribution in [2.24, 2.45) is 5.41 Å². The summed E-state index contributed by atoms with van der Waals surface area (Å²) in [5.41, 5.74) is 0.391. The summed E-state index contributed by atoms with van der Waals surface area (Å²) < 4.78 is 23.6. The lowest BCUT2D eigenvalue weighted by atomic mass is 9.80. The topological polar surface area (TPSA) is 93.1 Å². The molecule has 9 heteroatoms. The Morgan fingerprint density at radius 1 is 1.13 bits per heavy atom. The Morgan fingerprint density at radius 3 is 2.46 bits per heavy atom. The van der Waals surface area contributed by atoms with Crippen LogP contribution in [0.3, 0.4) is 0 Å². The molecule has 39 heavy (non-hydrogen) atoms. The molecule has 0 radical (unpaired) electrons. The number of rotatable bonds is 18. The fraction of sp³-hybridized carbons (Fsp3) is 0.633. The molecule has 218 valence electrons. The van der Waals surface area contributed by atoms with E-state index in [1.54, 1.807) is 30.0 Å². The van der Waals surface area contributed by atoms with Gasteiger partial charge in [0.05, 0.1) is 17.6 Å². The van der Waals surface area contributed by atoms with Gasteiger partial charge in [-0.25, -0.2) is 4.39 Å². The molecular weight excluding hydrogens is 521 g/mol. The molecule has 0 bridgehead atoms. The molecule has 1 aliphatic rings. The summed E-state index contributed by atoms with van der Waals surface area (Å²) >= 11 is 1.68. The summed E-state index contributed by atoms with van der Waals surface area (Å²) in [5.74, 6) is 0.800. The summed E-state index contributed by atoms with van der Waals surface area (Å²) in [6, 6.07) is 6.02. The molecule has 7 nitrogen and oxygen atoms in total. The second kappa shape index (κ2) is 17.3. The number of carbonyl (C=O) groups is 3. The van der Waals surface area contributed by atoms with Gasteiger partial charge < -0.3 is 19.5 Å². The van der Waals surface area contributed by atoms with Crippen molar-refractivity contribution >= 4 is 29.6 Å². The highest BCUT2D eigenvalue weighted by Gasteiger charge is 2.34. The molecule has 1 aromatic carbocycles. The second-order valence-corrected chi connectivity index (χ2v) is 11.1. The maximum absolute atomic E-state index is 13.1. The van der Waals surface area contributed by atoms with Crippen LogP contribution in [-0.4, -0.2) is 71.3 Å². The molecule has 0 unspecified atom stereocenters. The number of ether oxygens (including phenoxy) is 2. The van der Waals surface area contributed by atoms with Crippen LogP contribution in [0.4, 0.5) is 4.39 Å². The van der Waals surface area contributed by atoms with E-state index in [1.807, 2.05) is 31.7 Å². The molecule has 2 rings (SSSR count). The Kier molecular flexibility index (Phi) is 14.6. The smallest absolute Gasteiger partial charge is 0.312 e. The highest BCUT2D eigenvalue weighted by atomic mass is 32.2. The summed E-state index contributed by atoms with van der Waals surface area (Å²) in [6.45, 7) is 6.69. The van der Waals surface area contributed by atoms with Crippen LogP contribution in [0.1, 0.15) is 71.3 Å². The van der Waals surface area contributed by atoms with Crippen molar-refractivity contribution in [3.63, 3.8) is 0 Å². The zero-order chi connectivity index (χ0) is 28.7. The van der Waals surface area contributed by atoms with E-state index in [-0.39, 0.29) is 42.9 Å². The van der Waals surface area contributed by atoms with Gasteiger partial charge in [-0.1, -0.05) is 45.1 Å². The zero-order valence-electron chi connectivity index (χ0n) is 23.5. The molecule has 1 aliphatic heterocycles. The third kappa shape index (κ3) is 11.0. The summed E-state index contributed by atoms with van der Waals surface area (Å²) in [5, 5.41) is 10.3. The monoisotopic (exact) mass is 565 g/mol. The minimum Gasteiger partial charge on any atom is -0.462 e. The SMILES string of the molecule is CCC(CC)(CC)C(=O)OCCOC(=O)CCCSCCN1C(=O)CC[C@@H]1/C=C/[C@@H](O)Cc1ccc(F)cc1. The van der Waals surface area contributed by atoms with E-state index < -0.39 is 11.5 Å². The van der Waals surface area contributed by atoms with Crippen LogP contribution in [0.15, 0.2) is 36.4 Å². The van der Waals surface area contributed by atoms with Gasteiger partial charge in [0.1, 0.15) is 19.0 Å². The van der Waals surface area contributed by atoms with Crippen molar-refractivity contribution < 1.29 is 33.4 Å². The van der Waals surface area contributed by atoms with Crippen LogP contribution >= 0.6 is 11.8 Å². The Hall–Kier alpha value is -2.39. The molecule has 0 aliphatic carbocycles. The van der Waals surface area contributed by atoms with Crippen molar-refractivity contribution in [3.05, 3.63) is 47.8 Å². The van der Waals surface area contributed by atoms with Crippen molar-refractivity contribution in [2.45, 2.75) is 84.3 Å². The molecule has 2 atom stereocenters. The van der Waals surface area contributed by atoms with E-state index in [0.29, 0.717) is 32.2 Å². The average molecular weight is 566 g/mol. The second-order valence-electron chi connectivity index (χ2n) is 9.89. The van der Waals surface area contributed by atoms with Crippen molar-refractivity contribution in [2.75, 3.05) is 31.3 Å². The number of likely N-dealkylation sites (tertiary alicyclic amines) is 1. The Morgan fingerprint density at radius 2 is 1.79 bits per heavy atom. The molecule has 1 fully saturated rings. The van der Waals surface area contributed by atoms with Gasteiger partial charge in [0.25, 0.3) is 0 Å². The van der Waals surface area contributed by atoms with Crippen LogP contribution in [0, 0.1) is 11.2 Å². The largest absolute Gasteiger partial charge is 0.462 e. The minimum atomic E-state index is -0.702. The zero-order valence-corrected chi connectivity index (χ0v) is 24.3. The van der Waals surface area contributed by atoms with Crippen LogP contribution in [0.25, 0.3) is 0 Å². The van der Waals surface area contributed by atoms with Gasteiger partial charge in [-0.15, -0.1) is 0 Å². The molecule has 0 aromatic heterocycles. The van der Waals surface area contributed by atoms with E-state index in [2.05, 4.69) is 0 Å². The molecule has 1 aromatic rings. The van der Waals surface area contributed by atoms with E-state index in [4.69, 9.17) is 9.47 Å².